The van der Waals surface area contributed by atoms with Crippen LogP contribution in [0.25, 0.3) is 22.4 Å². The molecule has 106 valence electrons. The first kappa shape index (κ1) is 13.2. The van der Waals surface area contributed by atoms with Crippen LogP contribution in [0.1, 0.15) is 5.76 Å². The van der Waals surface area contributed by atoms with Crippen LogP contribution >= 0.6 is 0 Å². The lowest BCUT2D eigenvalue weighted by molar-refractivity contribution is 0.400. The van der Waals surface area contributed by atoms with Crippen molar-refractivity contribution < 1.29 is 9.26 Å². The SMILES string of the molecule is COc1ccc(-c2c(-c3ccc(N)cc3)noc2C)cc1. The molecule has 0 atom stereocenters. The number of benzene rings is 2. The van der Waals surface area contributed by atoms with Crippen molar-refractivity contribution in [2.75, 3.05) is 12.8 Å². The number of methoxy groups -OCH3 is 1. The van der Waals surface area contributed by atoms with Gasteiger partial charge in [-0.2, -0.15) is 0 Å². The predicted molar refractivity (Wildman–Crippen MR) is 83.1 cm³/mol. The minimum Gasteiger partial charge on any atom is -0.497 e. The number of nitrogens with two attached hydrogens (primary N) is 1. The van der Waals surface area contributed by atoms with Crippen molar-refractivity contribution in [3.63, 3.8) is 0 Å². The number of aromatic nitrogens is 1. The molecule has 0 bridgehead atoms. The summed E-state index contributed by atoms with van der Waals surface area (Å²) in [5, 5.41) is 4.19. The molecule has 0 saturated carbocycles. The van der Waals surface area contributed by atoms with Gasteiger partial charge in [-0.1, -0.05) is 29.4 Å². The van der Waals surface area contributed by atoms with Gasteiger partial charge >= 0.3 is 0 Å². The molecule has 1 heterocycles. The van der Waals surface area contributed by atoms with E-state index in [1.807, 2.05) is 55.5 Å². The molecule has 2 N–H and O–H groups in total. The quantitative estimate of drug-likeness (QED) is 0.739. The second-order valence-electron chi connectivity index (χ2n) is 4.81. The molecular weight excluding hydrogens is 264 g/mol. The summed E-state index contributed by atoms with van der Waals surface area (Å²) in [6.07, 6.45) is 0. The summed E-state index contributed by atoms with van der Waals surface area (Å²) in [7, 11) is 1.65. The summed E-state index contributed by atoms with van der Waals surface area (Å²) >= 11 is 0. The van der Waals surface area contributed by atoms with Crippen molar-refractivity contribution >= 4 is 5.69 Å². The van der Waals surface area contributed by atoms with Gasteiger partial charge in [0.1, 0.15) is 17.2 Å². The molecule has 1 aromatic heterocycles. The number of nitrogens with zero attached hydrogens (tertiary/aromatic N) is 1. The molecule has 2 aromatic carbocycles. The highest BCUT2D eigenvalue weighted by atomic mass is 16.5. The maximum absolute atomic E-state index is 5.73. The maximum Gasteiger partial charge on any atom is 0.142 e. The first-order valence-electron chi connectivity index (χ1n) is 6.65. The average Bonchev–Trinajstić information content (AvgIpc) is 2.90. The molecule has 4 nitrogen and oxygen atoms in total. The second kappa shape index (κ2) is 5.32. The van der Waals surface area contributed by atoms with E-state index in [2.05, 4.69) is 5.16 Å². The Morgan fingerprint density at radius 3 is 2.19 bits per heavy atom. The van der Waals surface area contributed by atoms with Crippen molar-refractivity contribution in [3.8, 4) is 28.1 Å². The van der Waals surface area contributed by atoms with Gasteiger partial charge in [0.25, 0.3) is 0 Å². The lowest BCUT2D eigenvalue weighted by Crippen LogP contribution is -1.87. The van der Waals surface area contributed by atoms with Gasteiger partial charge in [-0.15, -0.1) is 0 Å². The fourth-order valence-electron chi connectivity index (χ4n) is 2.31. The molecule has 0 saturated heterocycles. The Balaban J connectivity index is 2.09. The van der Waals surface area contributed by atoms with Crippen molar-refractivity contribution in [1.82, 2.24) is 5.16 Å². The molecule has 0 aliphatic rings. The topological polar surface area (TPSA) is 61.3 Å². The number of anilines is 1. The molecule has 0 spiro atoms. The van der Waals surface area contributed by atoms with Crippen LogP contribution in [0.3, 0.4) is 0 Å². The monoisotopic (exact) mass is 280 g/mol. The molecular formula is C17H16N2O2. The Morgan fingerprint density at radius 2 is 1.57 bits per heavy atom. The van der Waals surface area contributed by atoms with Gasteiger partial charge in [0, 0.05) is 11.3 Å². The summed E-state index contributed by atoms with van der Waals surface area (Å²) in [6, 6.07) is 15.5. The largest absolute Gasteiger partial charge is 0.497 e. The van der Waals surface area contributed by atoms with Crippen molar-refractivity contribution in [3.05, 3.63) is 54.3 Å². The molecule has 0 fully saturated rings. The molecule has 0 radical (unpaired) electrons. The number of ether oxygens (including phenoxy) is 1. The highest BCUT2D eigenvalue weighted by Crippen LogP contribution is 2.35. The second-order valence-corrected chi connectivity index (χ2v) is 4.81. The summed E-state index contributed by atoms with van der Waals surface area (Å²) < 4.78 is 10.6. The van der Waals surface area contributed by atoms with Crippen LogP contribution in [0.2, 0.25) is 0 Å². The van der Waals surface area contributed by atoms with Crippen LogP contribution < -0.4 is 10.5 Å². The molecule has 4 heteroatoms. The first-order chi connectivity index (χ1) is 10.2. The van der Waals surface area contributed by atoms with Crippen LogP contribution in [0.4, 0.5) is 5.69 Å². The lowest BCUT2D eigenvalue weighted by atomic mass is 9.99. The van der Waals surface area contributed by atoms with E-state index in [9.17, 15) is 0 Å². The van der Waals surface area contributed by atoms with Crippen LogP contribution in [-0.4, -0.2) is 12.3 Å². The molecule has 3 aromatic rings. The molecule has 21 heavy (non-hydrogen) atoms. The maximum atomic E-state index is 5.73. The highest BCUT2D eigenvalue weighted by molar-refractivity contribution is 5.82. The number of nitrogen functional groups attached to an aromatic ring is 1. The van der Waals surface area contributed by atoms with E-state index < -0.39 is 0 Å². The van der Waals surface area contributed by atoms with E-state index in [4.69, 9.17) is 15.0 Å². The third kappa shape index (κ3) is 2.48. The normalized spacial score (nSPS) is 10.6. The smallest absolute Gasteiger partial charge is 0.142 e. The Kier molecular flexibility index (Phi) is 3.36. The number of hydrogen-bond acceptors (Lipinski definition) is 4. The Labute approximate surface area is 123 Å². The van der Waals surface area contributed by atoms with Gasteiger partial charge in [0.05, 0.1) is 12.7 Å². The summed E-state index contributed by atoms with van der Waals surface area (Å²) in [4.78, 5) is 0. The number of hydrogen-bond donors (Lipinski definition) is 1. The Hall–Kier alpha value is -2.75. The van der Waals surface area contributed by atoms with Gasteiger partial charge in [0.2, 0.25) is 0 Å². The fourth-order valence-corrected chi connectivity index (χ4v) is 2.31. The summed E-state index contributed by atoms with van der Waals surface area (Å²) in [5.41, 5.74) is 10.3. The molecule has 0 aliphatic heterocycles. The van der Waals surface area contributed by atoms with E-state index in [1.165, 1.54) is 0 Å². The minimum absolute atomic E-state index is 0.727. The van der Waals surface area contributed by atoms with Gasteiger partial charge in [-0.25, -0.2) is 0 Å². The van der Waals surface area contributed by atoms with Crippen LogP contribution in [-0.2, 0) is 0 Å². The van der Waals surface area contributed by atoms with E-state index in [-0.39, 0.29) is 0 Å². The van der Waals surface area contributed by atoms with Gasteiger partial charge in [0.15, 0.2) is 0 Å². The van der Waals surface area contributed by atoms with E-state index in [0.717, 1.165) is 39.6 Å². The van der Waals surface area contributed by atoms with Crippen molar-refractivity contribution in [2.45, 2.75) is 6.92 Å². The van der Waals surface area contributed by atoms with Crippen molar-refractivity contribution in [1.29, 1.82) is 0 Å². The van der Waals surface area contributed by atoms with Crippen molar-refractivity contribution in [2.24, 2.45) is 0 Å². The first-order valence-corrected chi connectivity index (χ1v) is 6.65. The van der Waals surface area contributed by atoms with Gasteiger partial charge < -0.3 is 15.0 Å². The van der Waals surface area contributed by atoms with Gasteiger partial charge in [-0.05, 0) is 36.8 Å². The van der Waals surface area contributed by atoms with E-state index in [0.29, 0.717) is 0 Å². The zero-order valence-corrected chi connectivity index (χ0v) is 12.0. The highest BCUT2D eigenvalue weighted by Gasteiger charge is 2.16. The zero-order valence-electron chi connectivity index (χ0n) is 12.0. The molecule has 3 rings (SSSR count). The van der Waals surface area contributed by atoms with Crippen LogP contribution in [0, 0.1) is 6.92 Å². The third-order valence-electron chi connectivity index (χ3n) is 3.43. The van der Waals surface area contributed by atoms with Crippen LogP contribution in [0.5, 0.6) is 5.75 Å². The molecule has 0 amide bonds. The fraction of sp³-hybridized carbons (Fsp3) is 0.118. The molecule has 0 unspecified atom stereocenters. The predicted octanol–water partition coefficient (Wildman–Crippen LogP) is 3.91. The van der Waals surface area contributed by atoms with Gasteiger partial charge in [-0.3, -0.25) is 0 Å². The number of aryl methyl sites for hydroxylation is 1. The summed E-state index contributed by atoms with van der Waals surface area (Å²) in [6.45, 7) is 1.91. The third-order valence-corrected chi connectivity index (χ3v) is 3.43. The minimum atomic E-state index is 0.727. The Morgan fingerprint density at radius 1 is 0.952 bits per heavy atom. The van der Waals surface area contributed by atoms with Crippen LogP contribution in [0.15, 0.2) is 53.1 Å². The number of rotatable bonds is 3. The lowest BCUT2D eigenvalue weighted by Gasteiger charge is -2.05. The Bertz CT molecular complexity index is 743. The van der Waals surface area contributed by atoms with E-state index in [1.54, 1.807) is 7.11 Å². The van der Waals surface area contributed by atoms with E-state index >= 15 is 0 Å². The standard InChI is InChI=1S/C17H16N2O2/c1-11-16(12-5-9-15(20-2)10-6-12)17(19-21-11)13-3-7-14(18)8-4-13/h3-10H,18H2,1-2H3. The average molecular weight is 280 g/mol. The zero-order chi connectivity index (χ0) is 14.8. The molecule has 0 aliphatic carbocycles. The summed E-state index contributed by atoms with van der Waals surface area (Å²) in [5.74, 6) is 1.61.